The Morgan fingerprint density at radius 1 is 1.48 bits per heavy atom. The highest BCUT2D eigenvalue weighted by atomic mass is 16.1. The van der Waals surface area contributed by atoms with Crippen molar-refractivity contribution in [1.82, 2.24) is 24.6 Å². The van der Waals surface area contributed by atoms with Crippen LogP contribution >= 0.6 is 0 Å². The molecule has 0 spiro atoms. The highest BCUT2D eigenvalue weighted by molar-refractivity contribution is 5.76. The molecular weight excluding hydrogens is 266 g/mol. The van der Waals surface area contributed by atoms with Gasteiger partial charge in [-0.15, -0.1) is 0 Å². The summed E-state index contributed by atoms with van der Waals surface area (Å²) in [4.78, 5) is 16.5. The Bertz CT molecular complexity index is 642. The normalized spacial score (nSPS) is 17.5. The maximum Gasteiger partial charge on any atom is 0.220 e. The molecule has 6 heteroatoms. The molecule has 3 heterocycles. The van der Waals surface area contributed by atoms with Crippen LogP contribution in [0.4, 0.5) is 0 Å². The predicted molar refractivity (Wildman–Crippen MR) is 78.7 cm³/mol. The predicted octanol–water partition coefficient (Wildman–Crippen LogP) is 0.989. The summed E-state index contributed by atoms with van der Waals surface area (Å²) in [6, 6.07) is 0.215. The fourth-order valence-electron chi connectivity index (χ4n) is 2.86. The number of fused-ring (bicyclic) bond motifs is 1. The smallest absolute Gasteiger partial charge is 0.220 e. The van der Waals surface area contributed by atoms with Gasteiger partial charge in [0, 0.05) is 44.9 Å². The van der Waals surface area contributed by atoms with E-state index < -0.39 is 0 Å². The van der Waals surface area contributed by atoms with Crippen LogP contribution in [0, 0.1) is 6.92 Å². The van der Waals surface area contributed by atoms with Gasteiger partial charge in [-0.3, -0.25) is 9.48 Å². The third-order valence-corrected chi connectivity index (χ3v) is 3.88. The standard InChI is InChI=1S/C15H21N5O/c1-11-8-20-10-13(4-5-14(20)17-11)18-15(21)6-3-12-7-16-19(2)9-12/h7-9,13H,3-6,10H2,1-2H3,(H,18,21). The quantitative estimate of drug-likeness (QED) is 0.912. The number of carbonyl (C=O) groups is 1. The second-order valence-electron chi connectivity index (χ2n) is 5.78. The summed E-state index contributed by atoms with van der Waals surface area (Å²) in [6.45, 7) is 2.83. The lowest BCUT2D eigenvalue weighted by atomic mass is 10.1. The van der Waals surface area contributed by atoms with Gasteiger partial charge in [-0.05, 0) is 25.3 Å². The first-order chi connectivity index (χ1) is 10.1. The summed E-state index contributed by atoms with van der Waals surface area (Å²) in [5.74, 6) is 1.25. The van der Waals surface area contributed by atoms with Crippen molar-refractivity contribution in [3.05, 3.63) is 35.7 Å². The summed E-state index contributed by atoms with van der Waals surface area (Å²) in [5.41, 5.74) is 2.15. The van der Waals surface area contributed by atoms with E-state index in [1.807, 2.05) is 26.4 Å². The molecule has 2 aromatic rings. The summed E-state index contributed by atoms with van der Waals surface area (Å²) in [7, 11) is 1.89. The van der Waals surface area contributed by atoms with Crippen LogP contribution in [0.2, 0.25) is 0 Å². The van der Waals surface area contributed by atoms with Crippen molar-refractivity contribution in [2.24, 2.45) is 7.05 Å². The minimum absolute atomic E-state index is 0.115. The molecule has 1 N–H and O–H groups in total. The molecule has 3 rings (SSSR count). The van der Waals surface area contributed by atoms with E-state index in [9.17, 15) is 4.79 Å². The monoisotopic (exact) mass is 287 g/mol. The van der Waals surface area contributed by atoms with E-state index in [4.69, 9.17) is 0 Å². The second kappa shape index (κ2) is 5.71. The molecule has 112 valence electrons. The molecular formula is C15H21N5O. The molecule has 6 nitrogen and oxygen atoms in total. The Hall–Kier alpha value is -2.11. The summed E-state index contributed by atoms with van der Waals surface area (Å²) < 4.78 is 3.92. The van der Waals surface area contributed by atoms with Crippen LogP contribution in [-0.4, -0.2) is 31.3 Å². The third kappa shape index (κ3) is 3.32. The minimum Gasteiger partial charge on any atom is -0.352 e. The first kappa shape index (κ1) is 13.9. The van der Waals surface area contributed by atoms with Gasteiger partial charge in [-0.2, -0.15) is 5.10 Å². The van der Waals surface area contributed by atoms with Crippen molar-refractivity contribution in [2.45, 2.75) is 45.2 Å². The van der Waals surface area contributed by atoms with Crippen LogP contribution in [0.15, 0.2) is 18.6 Å². The zero-order valence-corrected chi connectivity index (χ0v) is 12.5. The number of carbonyl (C=O) groups excluding carboxylic acids is 1. The molecule has 0 aromatic carbocycles. The lowest BCUT2D eigenvalue weighted by molar-refractivity contribution is -0.122. The Kier molecular flexibility index (Phi) is 3.77. The second-order valence-corrected chi connectivity index (χ2v) is 5.78. The lowest BCUT2D eigenvalue weighted by Crippen LogP contribution is -2.40. The van der Waals surface area contributed by atoms with E-state index in [1.165, 1.54) is 0 Å². The van der Waals surface area contributed by atoms with Crippen molar-refractivity contribution in [2.75, 3.05) is 0 Å². The van der Waals surface area contributed by atoms with Gasteiger partial charge < -0.3 is 9.88 Å². The van der Waals surface area contributed by atoms with Crippen LogP contribution in [0.1, 0.15) is 29.9 Å². The molecule has 0 saturated heterocycles. The first-order valence-corrected chi connectivity index (χ1v) is 7.39. The lowest BCUT2D eigenvalue weighted by Gasteiger charge is -2.24. The average Bonchev–Trinajstić information content (AvgIpc) is 3.01. The van der Waals surface area contributed by atoms with E-state index in [0.717, 1.165) is 42.9 Å². The Balaban J connectivity index is 1.49. The molecule has 1 atom stereocenters. The topological polar surface area (TPSA) is 64.7 Å². The molecule has 1 unspecified atom stereocenters. The maximum atomic E-state index is 12.0. The van der Waals surface area contributed by atoms with Crippen molar-refractivity contribution in [3.8, 4) is 0 Å². The van der Waals surface area contributed by atoms with Crippen LogP contribution in [0.3, 0.4) is 0 Å². The molecule has 2 aromatic heterocycles. The number of rotatable bonds is 4. The van der Waals surface area contributed by atoms with Crippen LogP contribution in [-0.2, 0) is 31.2 Å². The summed E-state index contributed by atoms with van der Waals surface area (Å²) in [5, 5.41) is 7.24. The van der Waals surface area contributed by atoms with Gasteiger partial charge in [0.25, 0.3) is 0 Å². The number of nitrogens with one attached hydrogen (secondary N) is 1. The molecule has 0 aliphatic carbocycles. The van der Waals surface area contributed by atoms with Crippen molar-refractivity contribution in [3.63, 3.8) is 0 Å². The molecule has 0 saturated carbocycles. The summed E-state index contributed by atoms with van der Waals surface area (Å²) in [6.07, 6.45) is 8.97. The van der Waals surface area contributed by atoms with Gasteiger partial charge in [0.2, 0.25) is 5.91 Å². The van der Waals surface area contributed by atoms with Gasteiger partial charge in [0.05, 0.1) is 11.9 Å². The highest BCUT2D eigenvalue weighted by Crippen LogP contribution is 2.15. The molecule has 21 heavy (non-hydrogen) atoms. The number of nitrogens with zero attached hydrogens (tertiary/aromatic N) is 4. The fourth-order valence-corrected chi connectivity index (χ4v) is 2.86. The highest BCUT2D eigenvalue weighted by Gasteiger charge is 2.21. The molecule has 1 amide bonds. The van der Waals surface area contributed by atoms with Crippen molar-refractivity contribution < 1.29 is 4.79 Å². The SMILES string of the molecule is Cc1cn2c(n1)CCC(NC(=O)CCc1cnn(C)c1)C2. The minimum atomic E-state index is 0.115. The molecule has 1 aliphatic rings. The van der Waals surface area contributed by atoms with Crippen LogP contribution in [0.5, 0.6) is 0 Å². The zero-order valence-electron chi connectivity index (χ0n) is 12.5. The summed E-state index contributed by atoms with van der Waals surface area (Å²) >= 11 is 0. The molecule has 0 fully saturated rings. The van der Waals surface area contributed by atoms with E-state index >= 15 is 0 Å². The largest absolute Gasteiger partial charge is 0.352 e. The Morgan fingerprint density at radius 3 is 3.10 bits per heavy atom. The maximum absolute atomic E-state index is 12.0. The Labute approximate surface area is 124 Å². The van der Waals surface area contributed by atoms with E-state index in [0.29, 0.717) is 6.42 Å². The number of amides is 1. The average molecular weight is 287 g/mol. The molecule has 0 radical (unpaired) electrons. The number of aryl methyl sites for hydroxylation is 4. The number of hydrogen-bond acceptors (Lipinski definition) is 3. The van der Waals surface area contributed by atoms with Gasteiger partial charge in [-0.1, -0.05) is 0 Å². The van der Waals surface area contributed by atoms with E-state index in [2.05, 4.69) is 26.2 Å². The number of imidazole rings is 1. The van der Waals surface area contributed by atoms with Gasteiger partial charge in [0.1, 0.15) is 5.82 Å². The van der Waals surface area contributed by atoms with E-state index in [-0.39, 0.29) is 11.9 Å². The fraction of sp³-hybridized carbons (Fsp3) is 0.533. The number of aromatic nitrogens is 4. The Morgan fingerprint density at radius 2 is 2.33 bits per heavy atom. The van der Waals surface area contributed by atoms with Crippen molar-refractivity contribution in [1.29, 1.82) is 0 Å². The third-order valence-electron chi connectivity index (χ3n) is 3.88. The first-order valence-electron chi connectivity index (χ1n) is 7.39. The van der Waals surface area contributed by atoms with E-state index in [1.54, 1.807) is 4.68 Å². The number of hydrogen-bond donors (Lipinski definition) is 1. The van der Waals surface area contributed by atoms with Crippen LogP contribution in [0.25, 0.3) is 0 Å². The van der Waals surface area contributed by atoms with Gasteiger partial charge >= 0.3 is 0 Å². The van der Waals surface area contributed by atoms with Crippen LogP contribution < -0.4 is 5.32 Å². The molecule has 0 bridgehead atoms. The van der Waals surface area contributed by atoms with Crippen molar-refractivity contribution >= 4 is 5.91 Å². The molecule has 1 aliphatic heterocycles. The van der Waals surface area contributed by atoms with Gasteiger partial charge in [0.15, 0.2) is 0 Å². The van der Waals surface area contributed by atoms with Gasteiger partial charge in [-0.25, -0.2) is 4.98 Å². The zero-order chi connectivity index (χ0) is 14.8.